The Labute approximate surface area is 126 Å². The lowest BCUT2D eigenvalue weighted by Gasteiger charge is -2.18. The number of hydrogen-bond donors (Lipinski definition) is 2. The zero-order valence-corrected chi connectivity index (χ0v) is 12.7. The van der Waals surface area contributed by atoms with E-state index in [0.29, 0.717) is 11.7 Å². The van der Waals surface area contributed by atoms with Crippen molar-refractivity contribution >= 4 is 45.7 Å². The molecule has 0 radical (unpaired) electrons. The highest BCUT2D eigenvalue weighted by atomic mass is 35.5. The van der Waals surface area contributed by atoms with Crippen molar-refractivity contribution in [2.75, 3.05) is 11.9 Å². The van der Waals surface area contributed by atoms with Gasteiger partial charge in [0.2, 0.25) is 0 Å². The Morgan fingerprint density at radius 1 is 1.55 bits per heavy atom. The third-order valence-corrected chi connectivity index (χ3v) is 4.66. The largest absolute Gasteiger partial charge is 0.480 e. The molecule has 0 bridgehead atoms. The number of aliphatic carboxylic acids is 1. The van der Waals surface area contributed by atoms with Crippen molar-refractivity contribution in [3.8, 4) is 0 Å². The van der Waals surface area contributed by atoms with Crippen LogP contribution in [0.1, 0.15) is 23.8 Å². The van der Waals surface area contributed by atoms with Crippen molar-refractivity contribution in [1.82, 2.24) is 9.97 Å². The van der Waals surface area contributed by atoms with Gasteiger partial charge in [-0.05, 0) is 30.7 Å². The van der Waals surface area contributed by atoms with Gasteiger partial charge in [-0.1, -0.05) is 6.92 Å². The predicted molar refractivity (Wildman–Crippen MR) is 82.0 cm³/mol. The quantitative estimate of drug-likeness (QED) is 0.911. The number of hydrogen-bond acceptors (Lipinski definition) is 5. The van der Waals surface area contributed by atoms with E-state index >= 15 is 0 Å². The van der Waals surface area contributed by atoms with E-state index in [1.165, 1.54) is 23.2 Å². The number of aromatic nitrogens is 2. The number of nitrogens with one attached hydrogen (secondary N) is 1. The lowest BCUT2D eigenvalue weighted by molar-refractivity contribution is -0.134. The summed E-state index contributed by atoms with van der Waals surface area (Å²) in [6.07, 6.45) is 4.80. The number of halogens is 1. The van der Waals surface area contributed by atoms with Crippen LogP contribution >= 0.6 is 23.7 Å². The maximum absolute atomic E-state index is 10.7. The molecule has 5 nitrogen and oxygen atoms in total. The average molecular weight is 314 g/mol. The van der Waals surface area contributed by atoms with E-state index in [9.17, 15) is 4.79 Å². The van der Waals surface area contributed by atoms with Gasteiger partial charge in [0, 0.05) is 4.88 Å². The second-order valence-corrected chi connectivity index (χ2v) is 6.09. The first-order chi connectivity index (χ1) is 9.15. The summed E-state index contributed by atoms with van der Waals surface area (Å²) < 4.78 is 0. The zero-order valence-electron chi connectivity index (χ0n) is 11.0. The van der Waals surface area contributed by atoms with E-state index in [1.807, 2.05) is 0 Å². The Morgan fingerprint density at radius 2 is 2.35 bits per heavy atom. The molecule has 0 aliphatic heterocycles. The number of nitrogens with zero attached hydrogens (tertiary/aromatic N) is 2. The Kier molecular flexibility index (Phi) is 4.45. The summed E-state index contributed by atoms with van der Waals surface area (Å²) in [6, 6.07) is 0. The molecule has 0 saturated carbocycles. The van der Waals surface area contributed by atoms with Crippen molar-refractivity contribution in [3.63, 3.8) is 0 Å². The summed E-state index contributed by atoms with van der Waals surface area (Å²) in [5.74, 6) is 0.480. The number of thiophene rings is 1. The summed E-state index contributed by atoms with van der Waals surface area (Å²) in [7, 11) is 0. The van der Waals surface area contributed by atoms with Crippen molar-refractivity contribution in [2.24, 2.45) is 5.92 Å². The fourth-order valence-corrected chi connectivity index (χ4v) is 3.92. The fourth-order valence-electron chi connectivity index (χ4n) is 2.57. The van der Waals surface area contributed by atoms with Crippen LogP contribution in [0.15, 0.2) is 6.33 Å². The highest BCUT2D eigenvalue weighted by Crippen LogP contribution is 2.39. The molecule has 1 atom stereocenters. The highest BCUT2D eigenvalue weighted by Gasteiger charge is 2.23. The first kappa shape index (κ1) is 15.0. The molecule has 3 rings (SSSR count). The maximum atomic E-state index is 10.7. The van der Waals surface area contributed by atoms with Crippen LogP contribution in [0, 0.1) is 5.92 Å². The number of carbonyl (C=O) groups is 1. The SMILES string of the molecule is CC1CCc2c(sc3ncnc(NCC(=O)O)c23)C1.Cl. The van der Waals surface area contributed by atoms with Crippen LogP contribution in [0.4, 0.5) is 5.82 Å². The van der Waals surface area contributed by atoms with Gasteiger partial charge in [-0.15, -0.1) is 23.7 Å². The summed E-state index contributed by atoms with van der Waals surface area (Å²) in [5, 5.41) is 12.7. The lowest BCUT2D eigenvalue weighted by Crippen LogP contribution is -2.14. The van der Waals surface area contributed by atoms with Gasteiger partial charge in [-0.25, -0.2) is 9.97 Å². The van der Waals surface area contributed by atoms with Gasteiger partial charge >= 0.3 is 5.97 Å². The Morgan fingerprint density at radius 3 is 3.10 bits per heavy atom. The molecule has 0 spiro atoms. The van der Waals surface area contributed by atoms with Crippen LogP contribution in [0.5, 0.6) is 0 Å². The van der Waals surface area contributed by atoms with Crippen LogP contribution in [0.2, 0.25) is 0 Å². The second-order valence-electron chi connectivity index (χ2n) is 5.00. The molecule has 20 heavy (non-hydrogen) atoms. The third kappa shape index (κ3) is 2.71. The van der Waals surface area contributed by atoms with Crippen LogP contribution < -0.4 is 5.32 Å². The monoisotopic (exact) mass is 313 g/mol. The molecular weight excluding hydrogens is 298 g/mol. The maximum Gasteiger partial charge on any atom is 0.322 e. The second kappa shape index (κ2) is 5.93. The van der Waals surface area contributed by atoms with E-state index < -0.39 is 5.97 Å². The Hall–Kier alpha value is -1.40. The molecule has 7 heteroatoms. The van der Waals surface area contributed by atoms with E-state index in [0.717, 1.165) is 23.1 Å². The van der Waals surface area contributed by atoms with Gasteiger partial charge in [0.15, 0.2) is 0 Å². The topological polar surface area (TPSA) is 75.1 Å². The normalized spacial score (nSPS) is 17.4. The molecule has 108 valence electrons. The van der Waals surface area contributed by atoms with Gasteiger partial charge in [0.1, 0.15) is 23.5 Å². The molecule has 2 heterocycles. The van der Waals surface area contributed by atoms with E-state index in [-0.39, 0.29) is 19.0 Å². The predicted octanol–water partition coefficient (Wildman–Crippen LogP) is 2.73. The van der Waals surface area contributed by atoms with E-state index in [1.54, 1.807) is 11.3 Å². The summed E-state index contributed by atoms with van der Waals surface area (Å²) in [4.78, 5) is 21.5. The molecule has 1 unspecified atom stereocenters. The van der Waals surface area contributed by atoms with Gasteiger partial charge in [-0.3, -0.25) is 4.79 Å². The van der Waals surface area contributed by atoms with Crippen LogP contribution in [-0.4, -0.2) is 27.6 Å². The fraction of sp³-hybridized carbons (Fsp3) is 0.462. The van der Waals surface area contributed by atoms with Gasteiger partial charge in [0.25, 0.3) is 0 Å². The molecule has 0 amide bonds. The van der Waals surface area contributed by atoms with Gasteiger partial charge in [-0.2, -0.15) is 0 Å². The van der Waals surface area contributed by atoms with Crippen LogP contribution in [0.25, 0.3) is 10.2 Å². The van der Waals surface area contributed by atoms with Crippen LogP contribution in [-0.2, 0) is 17.6 Å². The number of aryl methyl sites for hydroxylation is 1. The molecule has 2 aromatic heterocycles. The summed E-state index contributed by atoms with van der Waals surface area (Å²) in [6.45, 7) is 2.15. The van der Waals surface area contributed by atoms with Crippen molar-refractivity contribution in [1.29, 1.82) is 0 Å². The standard InChI is InChI=1S/C13H15N3O2S.ClH/c1-7-2-3-8-9(4-7)19-13-11(8)12(15-6-16-13)14-5-10(17)18;/h6-7H,2-5H2,1H3,(H,17,18)(H,14,15,16);1H. The van der Waals surface area contributed by atoms with E-state index in [4.69, 9.17) is 5.11 Å². The van der Waals surface area contributed by atoms with Gasteiger partial charge < -0.3 is 10.4 Å². The first-order valence-corrected chi connectivity index (χ1v) is 7.17. The Bertz CT molecular complexity index is 644. The van der Waals surface area contributed by atoms with Crippen LogP contribution in [0.3, 0.4) is 0 Å². The minimum atomic E-state index is -0.885. The van der Waals surface area contributed by atoms with Crippen molar-refractivity contribution < 1.29 is 9.90 Å². The number of anilines is 1. The number of carboxylic acid groups (broad SMARTS) is 1. The molecule has 0 aromatic carbocycles. The third-order valence-electron chi connectivity index (χ3n) is 3.50. The molecule has 2 N–H and O–H groups in total. The smallest absolute Gasteiger partial charge is 0.322 e. The lowest BCUT2D eigenvalue weighted by atomic mass is 9.89. The van der Waals surface area contributed by atoms with Crippen molar-refractivity contribution in [3.05, 3.63) is 16.8 Å². The summed E-state index contributed by atoms with van der Waals surface area (Å²) in [5.41, 5.74) is 1.31. The highest BCUT2D eigenvalue weighted by molar-refractivity contribution is 7.19. The molecule has 0 saturated heterocycles. The molecule has 2 aromatic rings. The Balaban J connectivity index is 0.00000147. The number of rotatable bonds is 3. The minimum absolute atomic E-state index is 0. The molecule has 0 fully saturated rings. The molecule has 1 aliphatic carbocycles. The summed E-state index contributed by atoms with van der Waals surface area (Å²) >= 11 is 1.71. The average Bonchev–Trinajstić information content (AvgIpc) is 2.73. The molecule has 1 aliphatic rings. The minimum Gasteiger partial charge on any atom is -0.480 e. The molecular formula is C13H16ClN3O2S. The van der Waals surface area contributed by atoms with Crippen molar-refractivity contribution in [2.45, 2.75) is 26.2 Å². The number of carboxylic acids is 1. The first-order valence-electron chi connectivity index (χ1n) is 6.36. The number of fused-ring (bicyclic) bond motifs is 3. The zero-order chi connectivity index (χ0) is 13.4. The van der Waals surface area contributed by atoms with E-state index in [2.05, 4.69) is 22.2 Å². The van der Waals surface area contributed by atoms with Gasteiger partial charge in [0.05, 0.1) is 5.39 Å².